The molecule has 1 aromatic heterocycles. The average Bonchev–Trinajstić information content (AvgIpc) is 3.23. The molecule has 0 aliphatic carbocycles. The minimum atomic E-state index is -1.48. The number of ether oxygens (including phenoxy) is 1. The number of hydrogen-bond acceptors (Lipinski definition) is 11. The predicted octanol–water partition coefficient (Wildman–Crippen LogP) is -1.38. The van der Waals surface area contributed by atoms with E-state index < -0.39 is 35.3 Å². The second-order valence-corrected chi connectivity index (χ2v) is 9.08. The van der Waals surface area contributed by atoms with E-state index in [1.165, 1.54) is 28.2 Å². The number of nitrogens with one attached hydrogen (secondary N) is 1. The maximum Gasteiger partial charge on any atom is 0.294 e. The number of carbonyl (C=O) groups excluding carboxylic acids is 4. The van der Waals surface area contributed by atoms with Gasteiger partial charge in [-0.2, -0.15) is 0 Å². The van der Waals surface area contributed by atoms with E-state index in [1.54, 1.807) is 37.4 Å². The molecule has 172 valence electrons. The summed E-state index contributed by atoms with van der Waals surface area (Å²) >= 11 is 2.55. The van der Waals surface area contributed by atoms with E-state index in [1.807, 2.05) is 0 Å². The highest BCUT2D eigenvalue weighted by molar-refractivity contribution is 8.01. The van der Waals surface area contributed by atoms with E-state index in [9.17, 15) is 24.3 Å². The molecule has 2 aliphatic rings. The van der Waals surface area contributed by atoms with Gasteiger partial charge in [0.05, 0.1) is 11.7 Å². The van der Waals surface area contributed by atoms with Crippen molar-refractivity contribution in [2.24, 2.45) is 7.05 Å². The van der Waals surface area contributed by atoms with E-state index in [-0.39, 0.29) is 17.9 Å². The first-order valence-electron chi connectivity index (χ1n) is 9.60. The highest BCUT2D eigenvalue weighted by Crippen LogP contribution is 2.41. The van der Waals surface area contributed by atoms with Crippen LogP contribution in [0.25, 0.3) is 0 Å². The molecule has 0 bridgehead atoms. The molecule has 0 radical (unpaired) electrons. The van der Waals surface area contributed by atoms with Crippen LogP contribution in [0.1, 0.15) is 11.7 Å². The molecular weight excluding hydrogens is 472 g/mol. The highest BCUT2D eigenvalue weighted by atomic mass is 32.2. The summed E-state index contributed by atoms with van der Waals surface area (Å²) in [4.78, 5) is 49.5. The number of carboxylic acid groups (broad SMARTS) is 1. The Balaban J connectivity index is 1.48. The van der Waals surface area contributed by atoms with Gasteiger partial charge < -0.3 is 20.0 Å². The zero-order valence-electron chi connectivity index (χ0n) is 17.1. The van der Waals surface area contributed by atoms with Crippen molar-refractivity contribution in [2.45, 2.75) is 22.7 Å². The zero-order chi connectivity index (χ0) is 23.5. The maximum atomic E-state index is 12.8. The molecule has 1 saturated heterocycles. The van der Waals surface area contributed by atoms with Crippen LogP contribution in [0.5, 0.6) is 0 Å². The number of hydrogen-bond donors (Lipinski definition) is 1. The molecule has 0 saturated carbocycles. The lowest BCUT2D eigenvalue weighted by Gasteiger charge is -2.51. The summed E-state index contributed by atoms with van der Waals surface area (Å²) in [6.45, 7) is 0.162. The van der Waals surface area contributed by atoms with Crippen molar-refractivity contribution in [2.75, 3.05) is 11.5 Å². The number of aliphatic carboxylic acids is 1. The second-order valence-electron chi connectivity index (χ2n) is 7.03. The second kappa shape index (κ2) is 9.62. The topological polar surface area (TPSA) is 159 Å². The van der Waals surface area contributed by atoms with Gasteiger partial charge in [0.15, 0.2) is 0 Å². The highest BCUT2D eigenvalue weighted by Gasteiger charge is 2.53. The van der Waals surface area contributed by atoms with Gasteiger partial charge in [0.25, 0.3) is 18.3 Å². The number of nitrogens with zero attached hydrogens (tertiary/aromatic N) is 5. The van der Waals surface area contributed by atoms with Gasteiger partial charge in [-0.3, -0.25) is 19.3 Å². The van der Waals surface area contributed by atoms with Crippen LogP contribution in [0.2, 0.25) is 0 Å². The predicted molar refractivity (Wildman–Crippen MR) is 113 cm³/mol. The number of tetrazole rings is 1. The van der Waals surface area contributed by atoms with Gasteiger partial charge in [-0.05, 0) is 16.0 Å². The van der Waals surface area contributed by atoms with Gasteiger partial charge in [-0.25, -0.2) is 4.68 Å². The number of aryl methyl sites for hydroxylation is 1. The summed E-state index contributed by atoms with van der Waals surface area (Å²) in [5, 5.41) is 25.4. The number of benzene rings is 1. The number of carboxylic acids is 1. The smallest absolute Gasteiger partial charge is 0.294 e. The summed E-state index contributed by atoms with van der Waals surface area (Å²) in [7, 11) is 1.66. The SMILES string of the molecule is Cn1nnnc1SCC1=C(C(=O)[O-])N2C(=O)C(NC(=O)[C@H](OC=O)c3ccccc3)C2SC1. The number of carbonyl (C=O) groups is 4. The summed E-state index contributed by atoms with van der Waals surface area (Å²) in [5.74, 6) is -2.17. The van der Waals surface area contributed by atoms with Crippen molar-refractivity contribution in [3.05, 3.63) is 47.2 Å². The molecule has 2 aliphatic heterocycles. The van der Waals surface area contributed by atoms with Crippen LogP contribution in [-0.2, 0) is 31.0 Å². The van der Waals surface area contributed by atoms with Crippen LogP contribution in [0.3, 0.4) is 0 Å². The molecular formula is C19H17N6O6S2-. The zero-order valence-corrected chi connectivity index (χ0v) is 18.7. The van der Waals surface area contributed by atoms with Crippen molar-refractivity contribution >= 4 is 47.8 Å². The van der Waals surface area contributed by atoms with Gasteiger partial charge >= 0.3 is 0 Å². The number of aromatic nitrogens is 4. The van der Waals surface area contributed by atoms with E-state index in [0.29, 0.717) is 22.0 Å². The molecule has 3 heterocycles. The van der Waals surface area contributed by atoms with E-state index in [0.717, 1.165) is 4.90 Å². The number of amides is 2. The molecule has 3 atom stereocenters. The Kier molecular flexibility index (Phi) is 6.65. The number of β-lactam (4-membered cyclic amide) rings is 1. The first-order chi connectivity index (χ1) is 15.9. The van der Waals surface area contributed by atoms with Crippen LogP contribution in [-0.4, -0.2) is 72.3 Å². The third-order valence-corrected chi connectivity index (χ3v) is 7.46. The first kappa shape index (κ1) is 22.8. The molecule has 4 rings (SSSR count). The van der Waals surface area contributed by atoms with Gasteiger partial charge in [0.2, 0.25) is 11.3 Å². The van der Waals surface area contributed by atoms with Crippen LogP contribution in [0.4, 0.5) is 0 Å². The van der Waals surface area contributed by atoms with Crippen LogP contribution in [0, 0.1) is 0 Å². The Morgan fingerprint density at radius 3 is 2.79 bits per heavy atom. The van der Waals surface area contributed by atoms with Crippen LogP contribution in [0.15, 0.2) is 46.8 Å². The molecule has 1 fully saturated rings. The molecule has 12 nitrogen and oxygen atoms in total. The van der Waals surface area contributed by atoms with Gasteiger partial charge in [-0.1, -0.05) is 42.1 Å². The fraction of sp³-hybridized carbons (Fsp3) is 0.316. The van der Waals surface area contributed by atoms with E-state index in [4.69, 9.17) is 4.74 Å². The molecule has 2 unspecified atom stereocenters. The minimum absolute atomic E-state index is 0.162. The van der Waals surface area contributed by atoms with Crippen molar-refractivity contribution < 1.29 is 29.0 Å². The largest absolute Gasteiger partial charge is 0.543 e. The lowest BCUT2D eigenvalue weighted by atomic mass is 10.0. The Morgan fingerprint density at radius 1 is 1.39 bits per heavy atom. The Morgan fingerprint density at radius 2 is 2.15 bits per heavy atom. The summed E-state index contributed by atoms with van der Waals surface area (Å²) in [6, 6.07) is 7.39. The standard InChI is InChI=1S/C19H18N6O6S2/c1-24-19(21-22-23-24)33-8-11-7-32-17-12(16(28)25(17)13(11)18(29)30)20-15(27)14(31-9-26)10-5-3-2-4-6-10/h2-6,9,12,14,17H,7-8H2,1H3,(H,20,27)(H,29,30)/p-1/t12?,14-,17?/m1/s1. The molecule has 2 aromatic rings. The van der Waals surface area contributed by atoms with Crippen LogP contribution < -0.4 is 10.4 Å². The average molecular weight is 490 g/mol. The van der Waals surface area contributed by atoms with E-state index in [2.05, 4.69) is 20.8 Å². The monoisotopic (exact) mass is 489 g/mol. The minimum Gasteiger partial charge on any atom is -0.543 e. The third-order valence-electron chi connectivity index (χ3n) is 5.03. The Hall–Kier alpha value is -3.39. The van der Waals surface area contributed by atoms with Gasteiger partial charge in [0, 0.05) is 24.1 Å². The first-order valence-corrected chi connectivity index (χ1v) is 11.6. The number of thioether (sulfide) groups is 2. The molecule has 0 spiro atoms. The lowest BCUT2D eigenvalue weighted by molar-refractivity contribution is -0.301. The van der Waals surface area contributed by atoms with Gasteiger partial charge in [-0.15, -0.1) is 16.9 Å². The summed E-state index contributed by atoms with van der Waals surface area (Å²) in [5.41, 5.74) is 0.726. The fourth-order valence-electron chi connectivity index (χ4n) is 3.48. The van der Waals surface area contributed by atoms with Gasteiger partial charge in [0.1, 0.15) is 11.4 Å². The molecule has 1 aromatic carbocycles. The van der Waals surface area contributed by atoms with Crippen molar-refractivity contribution in [1.82, 2.24) is 30.4 Å². The number of fused-ring (bicyclic) bond motifs is 1. The molecule has 14 heteroatoms. The van der Waals surface area contributed by atoms with Crippen LogP contribution >= 0.6 is 23.5 Å². The molecule has 2 amide bonds. The summed E-state index contributed by atoms with van der Waals surface area (Å²) < 4.78 is 6.38. The summed E-state index contributed by atoms with van der Waals surface area (Å²) in [6.07, 6.45) is -1.23. The lowest BCUT2D eigenvalue weighted by Crippen LogP contribution is -2.71. The van der Waals surface area contributed by atoms with Crippen molar-refractivity contribution in [3.8, 4) is 0 Å². The fourth-order valence-corrected chi connectivity index (χ4v) is 5.82. The Bertz CT molecular complexity index is 1120. The Labute approximate surface area is 195 Å². The van der Waals surface area contributed by atoms with Crippen molar-refractivity contribution in [3.63, 3.8) is 0 Å². The normalized spacial score (nSPS) is 20.5. The maximum absolute atomic E-state index is 12.8. The quantitative estimate of drug-likeness (QED) is 0.251. The third kappa shape index (κ3) is 4.43. The van der Waals surface area contributed by atoms with Crippen molar-refractivity contribution in [1.29, 1.82) is 0 Å². The molecule has 1 N–H and O–H groups in total. The van der Waals surface area contributed by atoms with E-state index >= 15 is 0 Å². The number of rotatable bonds is 9. The molecule has 33 heavy (non-hydrogen) atoms.